The van der Waals surface area contributed by atoms with Crippen LogP contribution in [-0.4, -0.2) is 0 Å². The van der Waals surface area contributed by atoms with Gasteiger partial charge in [0.25, 0.3) is 0 Å². The molecule has 0 saturated carbocycles. The molecule has 0 amide bonds. The van der Waals surface area contributed by atoms with Crippen LogP contribution in [0.2, 0.25) is 0 Å². The largest absolute Gasteiger partial charge is 0.360 e. The second kappa shape index (κ2) is 4.52. The number of rotatable bonds is 3. The van der Waals surface area contributed by atoms with Crippen LogP contribution in [0.25, 0.3) is 0 Å². The first-order chi connectivity index (χ1) is 6.87. The fraction of sp³-hybridized carbons (Fsp3) is 0.429. The van der Waals surface area contributed by atoms with Gasteiger partial charge < -0.3 is 5.32 Å². The molecule has 0 aromatic heterocycles. The van der Waals surface area contributed by atoms with E-state index < -0.39 is 0 Å². The van der Waals surface area contributed by atoms with Crippen molar-refractivity contribution in [3.05, 3.63) is 42.1 Å². The molecule has 0 radical (unpaired) electrons. The summed E-state index contributed by atoms with van der Waals surface area (Å²) in [6, 6.07) is 8.57. The van der Waals surface area contributed by atoms with Crippen LogP contribution in [-0.2, 0) is 6.42 Å². The lowest BCUT2D eigenvalue weighted by atomic mass is 9.88. The number of allylic oxidation sites excluding steroid dienone is 1. The van der Waals surface area contributed by atoms with Crippen LogP contribution in [0.4, 0.5) is 5.69 Å². The lowest BCUT2D eigenvalue weighted by molar-refractivity contribution is 0.411. The molecule has 1 aromatic rings. The first-order valence-corrected chi connectivity index (χ1v) is 5.38. The summed E-state index contributed by atoms with van der Waals surface area (Å²) < 4.78 is 0. The molecule has 0 heterocycles. The Balaban J connectivity index is 2.68. The molecule has 0 aliphatic heterocycles. The lowest BCUT2D eigenvalue weighted by Crippen LogP contribution is -2.08. The number of hydrogen-bond acceptors (Lipinski definition) is 1. The van der Waals surface area contributed by atoms with E-state index in [4.69, 9.17) is 0 Å². The summed E-state index contributed by atoms with van der Waals surface area (Å²) in [5.74, 6) is 0. The fourth-order valence-corrected chi connectivity index (χ4v) is 1.56. The summed E-state index contributed by atoms with van der Waals surface area (Å²) in [6.07, 6.45) is 1.11. The topological polar surface area (TPSA) is 12.0 Å². The van der Waals surface area contributed by atoms with Gasteiger partial charge in [0.15, 0.2) is 0 Å². The second-order valence-electron chi connectivity index (χ2n) is 5.34. The summed E-state index contributed by atoms with van der Waals surface area (Å²) in [5.41, 5.74) is 3.82. The Bertz CT molecular complexity index is 327. The number of nitrogens with one attached hydrogen (secondary N) is 1. The smallest absolute Gasteiger partial charge is 0.0381 e. The predicted molar refractivity (Wildman–Crippen MR) is 68.0 cm³/mol. The van der Waals surface area contributed by atoms with E-state index in [0.29, 0.717) is 5.41 Å². The van der Waals surface area contributed by atoms with Crippen molar-refractivity contribution in [2.24, 2.45) is 5.41 Å². The van der Waals surface area contributed by atoms with Crippen molar-refractivity contribution < 1.29 is 0 Å². The summed E-state index contributed by atoms with van der Waals surface area (Å²) in [6.45, 7) is 12.6. The molecule has 82 valence electrons. The van der Waals surface area contributed by atoms with Gasteiger partial charge in [-0.15, -0.1) is 0 Å². The average Bonchev–Trinajstić information content (AvgIpc) is 2.05. The Morgan fingerprint density at radius 2 is 1.73 bits per heavy atom. The molecule has 0 spiro atoms. The van der Waals surface area contributed by atoms with Crippen molar-refractivity contribution in [3.8, 4) is 0 Å². The molecule has 0 bridgehead atoms. The summed E-state index contributed by atoms with van der Waals surface area (Å²) in [7, 11) is 0. The van der Waals surface area contributed by atoms with Gasteiger partial charge in [0, 0.05) is 11.4 Å². The molecule has 1 aromatic carbocycles. The standard InChI is InChI=1S/C14H21N/c1-11(2)15-13-8-6-12(7-9-13)10-14(3,4)5/h6-9,15H,1,10H2,2-5H3. The molecule has 0 fully saturated rings. The summed E-state index contributed by atoms with van der Waals surface area (Å²) in [4.78, 5) is 0. The Morgan fingerprint density at radius 3 is 2.13 bits per heavy atom. The van der Waals surface area contributed by atoms with E-state index in [1.807, 2.05) is 6.92 Å². The lowest BCUT2D eigenvalue weighted by Gasteiger charge is -2.18. The van der Waals surface area contributed by atoms with Crippen molar-refractivity contribution in [2.75, 3.05) is 5.32 Å². The minimum atomic E-state index is 0.350. The Kier molecular flexibility index (Phi) is 3.57. The fourth-order valence-electron chi connectivity index (χ4n) is 1.56. The van der Waals surface area contributed by atoms with E-state index in [2.05, 4.69) is 56.9 Å². The van der Waals surface area contributed by atoms with Gasteiger partial charge in [0.2, 0.25) is 0 Å². The molecular weight excluding hydrogens is 182 g/mol. The average molecular weight is 203 g/mol. The van der Waals surface area contributed by atoms with Crippen LogP contribution in [0.15, 0.2) is 36.5 Å². The maximum absolute atomic E-state index is 3.82. The van der Waals surface area contributed by atoms with E-state index in [9.17, 15) is 0 Å². The highest BCUT2D eigenvalue weighted by Gasteiger charge is 2.10. The number of hydrogen-bond donors (Lipinski definition) is 1. The zero-order valence-corrected chi connectivity index (χ0v) is 10.2. The van der Waals surface area contributed by atoms with Gasteiger partial charge in [-0.05, 0) is 36.5 Å². The van der Waals surface area contributed by atoms with Crippen molar-refractivity contribution in [3.63, 3.8) is 0 Å². The highest BCUT2D eigenvalue weighted by Crippen LogP contribution is 2.21. The van der Waals surface area contributed by atoms with E-state index in [0.717, 1.165) is 17.8 Å². The Morgan fingerprint density at radius 1 is 1.20 bits per heavy atom. The SMILES string of the molecule is C=C(C)Nc1ccc(CC(C)(C)C)cc1. The van der Waals surface area contributed by atoms with Gasteiger partial charge in [-0.2, -0.15) is 0 Å². The number of anilines is 1. The van der Waals surface area contributed by atoms with E-state index in [-0.39, 0.29) is 0 Å². The summed E-state index contributed by atoms with van der Waals surface area (Å²) >= 11 is 0. The van der Waals surface area contributed by atoms with E-state index in [1.54, 1.807) is 0 Å². The van der Waals surface area contributed by atoms with Crippen LogP contribution in [0, 0.1) is 5.41 Å². The molecule has 0 aliphatic carbocycles. The second-order valence-corrected chi connectivity index (χ2v) is 5.34. The van der Waals surface area contributed by atoms with Crippen LogP contribution in [0.3, 0.4) is 0 Å². The minimum Gasteiger partial charge on any atom is -0.360 e. The molecule has 1 N–H and O–H groups in total. The Hall–Kier alpha value is -1.24. The summed E-state index contributed by atoms with van der Waals surface area (Å²) in [5, 5.41) is 3.20. The molecule has 0 aliphatic rings. The zero-order valence-electron chi connectivity index (χ0n) is 10.2. The van der Waals surface area contributed by atoms with Gasteiger partial charge in [-0.1, -0.05) is 39.5 Å². The third-order valence-electron chi connectivity index (χ3n) is 2.05. The van der Waals surface area contributed by atoms with Crippen LogP contribution in [0.1, 0.15) is 33.3 Å². The molecule has 0 atom stereocenters. The van der Waals surface area contributed by atoms with Crippen molar-refractivity contribution >= 4 is 5.69 Å². The molecule has 15 heavy (non-hydrogen) atoms. The van der Waals surface area contributed by atoms with E-state index >= 15 is 0 Å². The van der Waals surface area contributed by atoms with Crippen molar-refractivity contribution in [1.82, 2.24) is 0 Å². The van der Waals surface area contributed by atoms with Gasteiger partial charge in [-0.25, -0.2) is 0 Å². The molecule has 0 unspecified atom stereocenters. The molecule has 0 saturated heterocycles. The normalized spacial score (nSPS) is 11.2. The Labute approximate surface area is 93.2 Å². The predicted octanol–water partition coefficient (Wildman–Crippen LogP) is 4.22. The van der Waals surface area contributed by atoms with Crippen LogP contribution >= 0.6 is 0 Å². The highest BCUT2D eigenvalue weighted by atomic mass is 14.9. The molecule has 1 rings (SSSR count). The van der Waals surface area contributed by atoms with Crippen molar-refractivity contribution in [2.45, 2.75) is 34.1 Å². The highest BCUT2D eigenvalue weighted by molar-refractivity contribution is 5.48. The van der Waals surface area contributed by atoms with Gasteiger partial charge >= 0.3 is 0 Å². The van der Waals surface area contributed by atoms with Crippen LogP contribution in [0.5, 0.6) is 0 Å². The third-order valence-corrected chi connectivity index (χ3v) is 2.05. The monoisotopic (exact) mass is 203 g/mol. The van der Waals surface area contributed by atoms with E-state index in [1.165, 1.54) is 5.56 Å². The minimum absolute atomic E-state index is 0.350. The molecular formula is C14H21N. The first kappa shape index (κ1) is 11.8. The van der Waals surface area contributed by atoms with Crippen molar-refractivity contribution in [1.29, 1.82) is 0 Å². The van der Waals surface area contributed by atoms with Gasteiger partial charge in [0.05, 0.1) is 0 Å². The van der Waals surface area contributed by atoms with Crippen LogP contribution < -0.4 is 5.32 Å². The zero-order chi connectivity index (χ0) is 11.5. The number of benzene rings is 1. The first-order valence-electron chi connectivity index (χ1n) is 5.38. The van der Waals surface area contributed by atoms with Gasteiger partial charge in [0.1, 0.15) is 0 Å². The molecule has 1 heteroatoms. The quantitative estimate of drug-likeness (QED) is 0.775. The maximum atomic E-state index is 3.82. The van der Waals surface area contributed by atoms with Gasteiger partial charge in [-0.3, -0.25) is 0 Å². The molecule has 1 nitrogen and oxygen atoms in total. The third kappa shape index (κ3) is 4.68. The maximum Gasteiger partial charge on any atom is 0.0381 e.